The lowest BCUT2D eigenvalue weighted by Gasteiger charge is -2.08. The van der Waals surface area contributed by atoms with E-state index in [-0.39, 0.29) is 17.4 Å². The molecule has 0 spiro atoms. The molecule has 1 N–H and O–H groups in total. The minimum Gasteiger partial charge on any atom is -0.311 e. The van der Waals surface area contributed by atoms with Crippen LogP contribution in [-0.4, -0.2) is 36.4 Å². The predicted molar refractivity (Wildman–Crippen MR) is 65.4 cm³/mol. The van der Waals surface area contributed by atoms with E-state index in [1.54, 1.807) is 6.20 Å². The zero-order chi connectivity index (χ0) is 12.3. The van der Waals surface area contributed by atoms with Crippen LogP contribution in [0.3, 0.4) is 0 Å². The Morgan fingerprint density at radius 1 is 1.53 bits per heavy atom. The van der Waals surface area contributed by atoms with Crippen LogP contribution in [0.15, 0.2) is 12.3 Å². The zero-order valence-electron chi connectivity index (χ0n) is 9.89. The predicted octanol–water partition coefficient (Wildman–Crippen LogP) is 0.488. The Hall–Kier alpha value is -1.01. The molecule has 2 rings (SSSR count). The van der Waals surface area contributed by atoms with Gasteiger partial charge in [-0.25, -0.2) is 18.4 Å². The molecule has 1 aliphatic rings. The molecule has 0 aliphatic carbocycles. The highest BCUT2D eigenvalue weighted by molar-refractivity contribution is 7.91. The molecule has 5 nitrogen and oxygen atoms in total. The van der Waals surface area contributed by atoms with E-state index < -0.39 is 9.84 Å². The van der Waals surface area contributed by atoms with Gasteiger partial charge in [-0.3, -0.25) is 0 Å². The van der Waals surface area contributed by atoms with E-state index in [9.17, 15) is 8.42 Å². The number of hydrogen-bond donors (Lipinski definition) is 1. The molecule has 0 radical (unpaired) electrons. The third-order valence-electron chi connectivity index (χ3n) is 2.89. The van der Waals surface area contributed by atoms with E-state index in [0.717, 1.165) is 12.2 Å². The van der Waals surface area contributed by atoms with E-state index >= 15 is 0 Å². The van der Waals surface area contributed by atoms with Crippen molar-refractivity contribution in [2.45, 2.75) is 25.8 Å². The SMILES string of the molecule is CCNCc1ccnc(C2CCS(=O)(=O)C2)n1. The van der Waals surface area contributed by atoms with Crippen molar-refractivity contribution in [3.05, 3.63) is 23.8 Å². The van der Waals surface area contributed by atoms with Crippen molar-refractivity contribution >= 4 is 9.84 Å². The first-order valence-corrected chi connectivity index (χ1v) is 7.66. The van der Waals surface area contributed by atoms with Gasteiger partial charge < -0.3 is 5.32 Å². The van der Waals surface area contributed by atoms with Gasteiger partial charge in [0.15, 0.2) is 9.84 Å². The van der Waals surface area contributed by atoms with Gasteiger partial charge in [-0.1, -0.05) is 6.92 Å². The summed E-state index contributed by atoms with van der Waals surface area (Å²) < 4.78 is 22.8. The maximum Gasteiger partial charge on any atom is 0.151 e. The molecule has 1 fully saturated rings. The van der Waals surface area contributed by atoms with Crippen molar-refractivity contribution in [1.82, 2.24) is 15.3 Å². The van der Waals surface area contributed by atoms with Crippen LogP contribution in [0, 0.1) is 0 Å². The standard InChI is InChI=1S/C11H17N3O2S/c1-2-12-7-10-3-5-13-11(14-10)9-4-6-17(15,16)8-9/h3,5,9,12H,2,4,6-8H2,1H3. The molecule has 1 aromatic heterocycles. The molecule has 1 aliphatic heterocycles. The molecular formula is C11H17N3O2S. The van der Waals surface area contributed by atoms with Crippen LogP contribution in [-0.2, 0) is 16.4 Å². The van der Waals surface area contributed by atoms with Gasteiger partial charge in [0.05, 0.1) is 17.2 Å². The van der Waals surface area contributed by atoms with Gasteiger partial charge in [0, 0.05) is 18.7 Å². The second kappa shape index (κ2) is 5.10. The van der Waals surface area contributed by atoms with Crippen LogP contribution < -0.4 is 5.32 Å². The average molecular weight is 255 g/mol. The van der Waals surface area contributed by atoms with Gasteiger partial charge in [-0.15, -0.1) is 0 Å². The highest BCUT2D eigenvalue weighted by atomic mass is 32.2. The molecule has 6 heteroatoms. The Morgan fingerprint density at radius 2 is 2.35 bits per heavy atom. The van der Waals surface area contributed by atoms with Crippen LogP contribution in [0.2, 0.25) is 0 Å². The molecule has 0 amide bonds. The van der Waals surface area contributed by atoms with Gasteiger partial charge in [0.25, 0.3) is 0 Å². The fourth-order valence-electron chi connectivity index (χ4n) is 1.96. The summed E-state index contributed by atoms with van der Waals surface area (Å²) >= 11 is 0. The van der Waals surface area contributed by atoms with E-state index in [1.165, 1.54) is 0 Å². The average Bonchev–Trinajstić information content (AvgIpc) is 2.67. The Bertz CT molecular complexity index is 487. The molecule has 1 saturated heterocycles. The van der Waals surface area contributed by atoms with Crippen LogP contribution in [0.4, 0.5) is 0 Å². The number of rotatable bonds is 4. The van der Waals surface area contributed by atoms with E-state index in [2.05, 4.69) is 15.3 Å². The van der Waals surface area contributed by atoms with Crippen LogP contribution in [0.1, 0.15) is 30.8 Å². The summed E-state index contributed by atoms with van der Waals surface area (Å²) in [6, 6.07) is 1.86. The minimum absolute atomic E-state index is 0.0263. The lowest BCUT2D eigenvalue weighted by atomic mass is 10.1. The summed E-state index contributed by atoms with van der Waals surface area (Å²) in [5.41, 5.74) is 0.918. The van der Waals surface area contributed by atoms with Gasteiger partial charge in [0.1, 0.15) is 5.82 Å². The summed E-state index contributed by atoms with van der Waals surface area (Å²) in [5.74, 6) is 1.10. The molecule has 17 heavy (non-hydrogen) atoms. The van der Waals surface area contributed by atoms with Crippen LogP contribution in [0.25, 0.3) is 0 Å². The summed E-state index contributed by atoms with van der Waals surface area (Å²) in [6.45, 7) is 3.62. The molecule has 0 aromatic carbocycles. The van der Waals surface area contributed by atoms with E-state index in [0.29, 0.717) is 18.8 Å². The van der Waals surface area contributed by atoms with Crippen molar-refractivity contribution in [2.75, 3.05) is 18.1 Å². The van der Waals surface area contributed by atoms with Crippen LogP contribution in [0.5, 0.6) is 0 Å². The summed E-state index contributed by atoms with van der Waals surface area (Å²) in [5, 5.41) is 3.19. The van der Waals surface area contributed by atoms with E-state index in [1.807, 2.05) is 13.0 Å². The molecule has 1 atom stereocenters. The smallest absolute Gasteiger partial charge is 0.151 e. The van der Waals surface area contributed by atoms with Gasteiger partial charge >= 0.3 is 0 Å². The molecule has 94 valence electrons. The lowest BCUT2D eigenvalue weighted by Crippen LogP contribution is -2.15. The van der Waals surface area contributed by atoms with Gasteiger partial charge in [0.2, 0.25) is 0 Å². The van der Waals surface area contributed by atoms with Gasteiger partial charge in [-0.2, -0.15) is 0 Å². The largest absolute Gasteiger partial charge is 0.311 e. The molecule has 1 unspecified atom stereocenters. The summed E-state index contributed by atoms with van der Waals surface area (Å²) in [4.78, 5) is 8.61. The maximum atomic E-state index is 11.4. The number of hydrogen-bond acceptors (Lipinski definition) is 5. The Labute approximate surface area is 102 Å². The van der Waals surface area contributed by atoms with Crippen molar-refractivity contribution in [3.8, 4) is 0 Å². The fraction of sp³-hybridized carbons (Fsp3) is 0.636. The third kappa shape index (κ3) is 3.23. The molecule has 1 aromatic rings. The highest BCUT2D eigenvalue weighted by Gasteiger charge is 2.30. The second-order valence-corrected chi connectivity index (χ2v) is 6.52. The number of nitrogens with one attached hydrogen (secondary N) is 1. The zero-order valence-corrected chi connectivity index (χ0v) is 10.7. The Morgan fingerprint density at radius 3 is 3.00 bits per heavy atom. The van der Waals surface area contributed by atoms with Gasteiger partial charge in [-0.05, 0) is 19.0 Å². The first kappa shape index (κ1) is 12.4. The molecular weight excluding hydrogens is 238 g/mol. The Kier molecular flexibility index (Phi) is 3.73. The summed E-state index contributed by atoms with van der Waals surface area (Å²) in [7, 11) is -2.87. The molecule has 0 bridgehead atoms. The first-order chi connectivity index (χ1) is 8.11. The van der Waals surface area contributed by atoms with E-state index in [4.69, 9.17) is 0 Å². The Balaban J connectivity index is 2.11. The monoisotopic (exact) mass is 255 g/mol. The van der Waals surface area contributed by atoms with Crippen LogP contribution >= 0.6 is 0 Å². The van der Waals surface area contributed by atoms with Crippen molar-refractivity contribution < 1.29 is 8.42 Å². The molecule has 2 heterocycles. The number of aromatic nitrogens is 2. The van der Waals surface area contributed by atoms with Crippen molar-refractivity contribution in [2.24, 2.45) is 0 Å². The second-order valence-electron chi connectivity index (χ2n) is 4.29. The highest BCUT2D eigenvalue weighted by Crippen LogP contribution is 2.26. The molecule has 0 saturated carbocycles. The quantitative estimate of drug-likeness (QED) is 0.847. The lowest BCUT2D eigenvalue weighted by molar-refractivity contribution is 0.600. The number of nitrogens with zero attached hydrogens (tertiary/aromatic N) is 2. The number of sulfone groups is 1. The topological polar surface area (TPSA) is 72.0 Å². The van der Waals surface area contributed by atoms with Crippen molar-refractivity contribution in [3.63, 3.8) is 0 Å². The normalized spacial score (nSPS) is 22.8. The van der Waals surface area contributed by atoms with Crippen molar-refractivity contribution in [1.29, 1.82) is 0 Å². The fourth-order valence-corrected chi connectivity index (χ4v) is 3.70. The summed E-state index contributed by atoms with van der Waals surface area (Å²) in [6.07, 6.45) is 2.35. The minimum atomic E-state index is -2.87. The maximum absolute atomic E-state index is 11.4. The first-order valence-electron chi connectivity index (χ1n) is 5.83. The third-order valence-corrected chi connectivity index (χ3v) is 4.65.